The number of hydrogen-bond acceptors (Lipinski definition) is 2. The maximum absolute atomic E-state index is 9.56. The summed E-state index contributed by atoms with van der Waals surface area (Å²) in [6, 6.07) is 12.9. The summed E-state index contributed by atoms with van der Waals surface area (Å²) in [5, 5.41) is 13.1. The summed E-state index contributed by atoms with van der Waals surface area (Å²) in [7, 11) is 0. The molecule has 1 saturated carbocycles. The number of nitrogens with one attached hydrogen (secondary N) is 1. The molecule has 3 atom stereocenters. The maximum atomic E-state index is 9.56. The average Bonchev–Trinajstić information content (AvgIpc) is 2.40. The molecule has 0 amide bonds. The molecule has 0 radical (unpaired) electrons. The van der Waals surface area contributed by atoms with Gasteiger partial charge in [0.15, 0.2) is 0 Å². The van der Waals surface area contributed by atoms with Gasteiger partial charge >= 0.3 is 0 Å². The van der Waals surface area contributed by atoms with Crippen molar-refractivity contribution in [1.29, 1.82) is 5.26 Å². The minimum absolute atomic E-state index is 0.331. The van der Waals surface area contributed by atoms with Gasteiger partial charge in [0.2, 0.25) is 0 Å². The number of nitrogens with zero attached hydrogens (tertiary/aromatic N) is 1. The summed E-state index contributed by atoms with van der Waals surface area (Å²) in [6.45, 7) is 5.28. The second-order valence-corrected chi connectivity index (χ2v) is 5.70. The van der Waals surface area contributed by atoms with Crippen LogP contribution in [-0.4, -0.2) is 5.54 Å². The van der Waals surface area contributed by atoms with Gasteiger partial charge in [0.1, 0.15) is 5.54 Å². The fourth-order valence-electron chi connectivity index (χ4n) is 2.97. The lowest BCUT2D eigenvalue weighted by Crippen LogP contribution is -2.51. The molecule has 0 aliphatic heterocycles. The van der Waals surface area contributed by atoms with E-state index < -0.39 is 0 Å². The lowest BCUT2D eigenvalue weighted by molar-refractivity contribution is 0.170. The molecule has 2 nitrogen and oxygen atoms in total. The molecule has 1 aliphatic carbocycles. The first-order chi connectivity index (χ1) is 8.66. The van der Waals surface area contributed by atoms with Gasteiger partial charge in [0.05, 0.1) is 6.07 Å². The van der Waals surface area contributed by atoms with Gasteiger partial charge in [0.25, 0.3) is 0 Å². The fourth-order valence-corrected chi connectivity index (χ4v) is 2.97. The number of benzene rings is 1. The molecule has 1 aromatic rings. The Labute approximate surface area is 110 Å². The second kappa shape index (κ2) is 5.54. The SMILES string of the molecule is CC1CCC(C#N)(NCc2ccccc2)C(C)C1. The fraction of sp³-hybridized carbons (Fsp3) is 0.562. The quantitative estimate of drug-likeness (QED) is 0.880. The molecule has 0 bridgehead atoms. The predicted molar refractivity (Wildman–Crippen MR) is 73.8 cm³/mol. The van der Waals surface area contributed by atoms with Crippen LogP contribution < -0.4 is 5.32 Å². The standard InChI is InChI=1S/C16H22N2/c1-13-8-9-16(12-17,14(2)10-13)18-11-15-6-4-3-5-7-15/h3-7,13-14,18H,8-11H2,1-2H3. The van der Waals surface area contributed by atoms with Crippen LogP contribution in [0.15, 0.2) is 30.3 Å². The highest BCUT2D eigenvalue weighted by molar-refractivity contribution is 5.18. The largest absolute Gasteiger partial charge is 0.295 e. The molecule has 1 N–H and O–H groups in total. The van der Waals surface area contributed by atoms with Crippen molar-refractivity contribution in [3.05, 3.63) is 35.9 Å². The minimum atomic E-state index is -0.331. The van der Waals surface area contributed by atoms with Gasteiger partial charge in [-0.1, -0.05) is 44.2 Å². The topological polar surface area (TPSA) is 35.8 Å². The van der Waals surface area contributed by atoms with Crippen LogP contribution in [0.2, 0.25) is 0 Å². The van der Waals surface area contributed by atoms with Gasteiger partial charge in [0, 0.05) is 6.54 Å². The third-order valence-electron chi connectivity index (χ3n) is 4.28. The molecule has 96 valence electrons. The highest BCUT2D eigenvalue weighted by Crippen LogP contribution is 2.36. The molecule has 1 fully saturated rings. The van der Waals surface area contributed by atoms with Gasteiger partial charge in [-0.05, 0) is 36.7 Å². The Morgan fingerprint density at radius 1 is 1.33 bits per heavy atom. The van der Waals surface area contributed by atoms with Crippen molar-refractivity contribution < 1.29 is 0 Å². The molecular formula is C16H22N2. The van der Waals surface area contributed by atoms with Gasteiger partial charge in [-0.3, -0.25) is 5.32 Å². The Bertz CT molecular complexity index is 420. The molecule has 1 aliphatic rings. The van der Waals surface area contributed by atoms with E-state index in [1.54, 1.807) is 0 Å². The zero-order chi connectivity index (χ0) is 13.0. The smallest absolute Gasteiger partial charge is 0.109 e. The van der Waals surface area contributed by atoms with Gasteiger partial charge in [-0.15, -0.1) is 0 Å². The van der Waals surface area contributed by atoms with Crippen LogP contribution in [0.4, 0.5) is 0 Å². The summed E-state index contributed by atoms with van der Waals surface area (Å²) in [4.78, 5) is 0. The summed E-state index contributed by atoms with van der Waals surface area (Å²) in [5.74, 6) is 1.18. The van der Waals surface area contributed by atoms with E-state index in [2.05, 4.69) is 37.4 Å². The zero-order valence-corrected chi connectivity index (χ0v) is 11.3. The summed E-state index contributed by atoms with van der Waals surface area (Å²) < 4.78 is 0. The molecule has 0 saturated heterocycles. The van der Waals surface area contributed by atoms with Gasteiger partial charge in [-0.2, -0.15) is 5.26 Å². The van der Waals surface area contributed by atoms with E-state index >= 15 is 0 Å². The van der Waals surface area contributed by atoms with E-state index in [0.29, 0.717) is 5.92 Å². The van der Waals surface area contributed by atoms with Crippen molar-refractivity contribution in [2.45, 2.75) is 45.2 Å². The first-order valence-corrected chi connectivity index (χ1v) is 6.86. The zero-order valence-electron chi connectivity index (χ0n) is 11.3. The number of nitriles is 1. The van der Waals surface area contributed by atoms with E-state index in [0.717, 1.165) is 31.7 Å². The van der Waals surface area contributed by atoms with Crippen LogP contribution in [-0.2, 0) is 6.54 Å². The van der Waals surface area contributed by atoms with E-state index in [1.165, 1.54) is 5.56 Å². The van der Waals surface area contributed by atoms with Crippen molar-refractivity contribution in [3.8, 4) is 6.07 Å². The number of rotatable bonds is 3. The Hall–Kier alpha value is -1.33. The van der Waals surface area contributed by atoms with Crippen LogP contribution >= 0.6 is 0 Å². The molecule has 0 aromatic heterocycles. The lowest BCUT2D eigenvalue weighted by Gasteiger charge is -2.40. The molecule has 0 heterocycles. The predicted octanol–water partition coefficient (Wildman–Crippen LogP) is 3.49. The third kappa shape index (κ3) is 2.73. The van der Waals surface area contributed by atoms with Gasteiger partial charge in [-0.25, -0.2) is 0 Å². The van der Waals surface area contributed by atoms with Crippen LogP contribution in [0.25, 0.3) is 0 Å². The molecule has 1 aromatic carbocycles. The molecule has 3 unspecified atom stereocenters. The van der Waals surface area contributed by atoms with Crippen LogP contribution in [0.3, 0.4) is 0 Å². The lowest BCUT2D eigenvalue weighted by atomic mass is 9.70. The van der Waals surface area contributed by atoms with E-state index in [-0.39, 0.29) is 5.54 Å². The third-order valence-corrected chi connectivity index (χ3v) is 4.28. The Kier molecular flexibility index (Phi) is 4.04. The first kappa shape index (κ1) is 13.1. The van der Waals surface area contributed by atoms with E-state index in [9.17, 15) is 5.26 Å². The minimum Gasteiger partial charge on any atom is -0.295 e. The normalized spacial score (nSPS) is 31.8. The maximum Gasteiger partial charge on any atom is 0.109 e. The van der Waals surface area contributed by atoms with Crippen LogP contribution in [0.5, 0.6) is 0 Å². The van der Waals surface area contributed by atoms with E-state index in [4.69, 9.17) is 0 Å². The monoisotopic (exact) mass is 242 g/mol. The van der Waals surface area contributed by atoms with Crippen molar-refractivity contribution in [2.75, 3.05) is 0 Å². The molecule has 0 spiro atoms. The Balaban J connectivity index is 2.03. The van der Waals surface area contributed by atoms with Crippen LogP contribution in [0.1, 0.15) is 38.7 Å². The Morgan fingerprint density at radius 2 is 2.06 bits per heavy atom. The average molecular weight is 242 g/mol. The summed E-state index contributed by atoms with van der Waals surface area (Å²) in [6.07, 6.45) is 3.27. The van der Waals surface area contributed by atoms with Crippen molar-refractivity contribution in [3.63, 3.8) is 0 Å². The van der Waals surface area contributed by atoms with E-state index in [1.807, 2.05) is 18.2 Å². The van der Waals surface area contributed by atoms with Crippen molar-refractivity contribution >= 4 is 0 Å². The molecular weight excluding hydrogens is 220 g/mol. The number of hydrogen-bond donors (Lipinski definition) is 1. The first-order valence-electron chi connectivity index (χ1n) is 6.86. The molecule has 2 heteroatoms. The second-order valence-electron chi connectivity index (χ2n) is 5.70. The van der Waals surface area contributed by atoms with Gasteiger partial charge < -0.3 is 0 Å². The highest BCUT2D eigenvalue weighted by atomic mass is 15.0. The van der Waals surface area contributed by atoms with Crippen molar-refractivity contribution in [1.82, 2.24) is 5.32 Å². The molecule has 18 heavy (non-hydrogen) atoms. The highest BCUT2D eigenvalue weighted by Gasteiger charge is 2.39. The van der Waals surface area contributed by atoms with Crippen LogP contribution in [0, 0.1) is 23.2 Å². The summed E-state index contributed by atoms with van der Waals surface area (Å²) >= 11 is 0. The molecule has 2 rings (SSSR count). The van der Waals surface area contributed by atoms with Crippen molar-refractivity contribution in [2.24, 2.45) is 11.8 Å². The Morgan fingerprint density at radius 3 is 2.67 bits per heavy atom. The summed E-state index contributed by atoms with van der Waals surface area (Å²) in [5.41, 5.74) is 0.917.